The molecule has 1 aromatic carbocycles. The predicted molar refractivity (Wildman–Crippen MR) is 79.2 cm³/mol. The van der Waals surface area contributed by atoms with Gasteiger partial charge in [-0.1, -0.05) is 22.0 Å². The van der Waals surface area contributed by atoms with Crippen LogP contribution in [0.3, 0.4) is 0 Å². The van der Waals surface area contributed by atoms with E-state index in [4.69, 9.17) is 0 Å². The number of hydrogen-bond donors (Lipinski definition) is 2. The summed E-state index contributed by atoms with van der Waals surface area (Å²) in [4.78, 5) is 5.43. The Kier molecular flexibility index (Phi) is 3.91. The van der Waals surface area contributed by atoms with Gasteiger partial charge in [0.25, 0.3) is 0 Å². The molecule has 100 valence electrons. The van der Waals surface area contributed by atoms with Gasteiger partial charge in [-0.3, -0.25) is 5.10 Å². The Morgan fingerprint density at radius 1 is 1.47 bits per heavy atom. The fraction of sp³-hybridized carbons (Fsp3) is 0.385. The lowest BCUT2D eigenvalue weighted by Crippen LogP contribution is -2.15. The van der Waals surface area contributed by atoms with Gasteiger partial charge in [-0.15, -0.1) is 5.10 Å². The second-order valence-corrected chi connectivity index (χ2v) is 6.61. The maximum atomic E-state index is 4.29. The summed E-state index contributed by atoms with van der Waals surface area (Å²) in [6.45, 7) is 2.83. The van der Waals surface area contributed by atoms with Crippen LogP contribution in [0.5, 0.6) is 0 Å². The number of benzene rings is 1. The normalized spacial score (nSPS) is 14.8. The van der Waals surface area contributed by atoms with E-state index in [1.165, 1.54) is 18.4 Å². The summed E-state index contributed by atoms with van der Waals surface area (Å²) in [6, 6.07) is 7.13. The maximum absolute atomic E-state index is 4.29. The van der Waals surface area contributed by atoms with Crippen LogP contribution in [0, 0.1) is 6.92 Å². The van der Waals surface area contributed by atoms with Gasteiger partial charge in [0.15, 0.2) is 0 Å². The molecule has 1 aliphatic carbocycles. The molecule has 0 atom stereocenters. The van der Waals surface area contributed by atoms with Gasteiger partial charge >= 0.3 is 0 Å². The molecule has 0 aliphatic heterocycles. The number of halogens is 1. The third-order valence-electron chi connectivity index (χ3n) is 2.97. The van der Waals surface area contributed by atoms with Crippen molar-refractivity contribution in [3.05, 3.63) is 34.1 Å². The minimum absolute atomic E-state index is 0.734. The summed E-state index contributed by atoms with van der Waals surface area (Å²) in [6.07, 6.45) is 2.63. The largest absolute Gasteiger partial charge is 0.310 e. The summed E-state index contributed by atoms with van der Waals surface area (Å²) >= 11 is 5.20. The van der Waals surface area contributed by atoms with Crippen LogP contribution in [-0.4, -0.2) is 21.2 Å². The number of H-pyrrole nitrogens is 1. The fourth-order valence-electron chi connectivity index (χ4n) is 1.75. The summed E-state index contributed by atoms with van der Waals surface area (Å²) in [5, 5.41) is 11.3. The molecular formula is C13H15BrN4S. The summed E-state index contributed by atoms with van der Waals surface area (Å²) in [7, 11) is 0. The van der Waals surface area contributed by atoms with Crippen molar-refractivity contribution in [2.45, 2.75) is 42.4 Å². The van der Waals surface area contributed by atoms with Crippen molar-refractivity contribution < 1.29 is 0 Å². The van der Waals surface area contributed by atoms with Crippen molar-refractivity contribution in [1.29, 1.82) is 0 Å². The molecule has 3 rings (SSSR count). The van der Waals surface area contributed by atoms with E-state index in [9.17, 15) is 0 Å². The Morgan fingerprint density at radius 2 is 2.32 bits per heavy atom. The van der Waals surface area contributed by atoms with Gasteiger partial charge in [0, 0.05) is 22.0 Å². The zero-order valence-corrected chi connectivity index (χ0v) is 13.0. The first-order valence-corrected chi connectivity index (χ1v) is 7.90. The van der Waals surface area contributed by atoms with Crippen molar-refractivity contribution in [3.63, 3.8) is 0 Å². The third kappa shape index (κ3) is 3.58. The van der Waals surface area contributed by atoms with Crippen molar-refractivity contribution in [2.24, 2.45) is 0 Å². The van der Waals surface area contributed by atoms with Crippen LogP contribution < -0.4 is 5.32 Å². The standard InChI is InChI=1S/C13H15BrN4S/c1-8-16-13(18-17-8)19-11-5-2-9(12(14)6-11)7-15-10-3-4-10/h2,5-6,10,15H,3-4,7H2,1H3,(H,16,17,18). The molecule has 1 aliphatic rings. The highest BCUT2D eigenvalue weighted by Gasteiger charge is 2.20. The first kappa shape index (κ1) is 13.1. The molecule has 19 heavy (non-hydrogen) atoms. The Labute approximate surface area is 124 Å². The number of nitrogens with one attached hydrogen (secondary N) is 2. The third-order valence-corrected chi connectivity index (χ3v) is 4.56. The van der Waals surface area contributed by atoms with E-state index in [0.29, 0.717) is 0 Å². The van der Waals surface area contributed by atoms with E-state index in [1.807, 2.05) is 6.92 Å². The van der Waals surface area contributed by atoms with E-state index < -0.39 is 0 Å². The quantitative estimate of drug-likeness (QED) is 0.878. The van der Waals surface area contributed by atoms with Crippen LogP contribution >= 0.6 is 27.7 Å². The highest BCUT2D eigenvalue weighted by molar-refractivity contribution is 9.10. The predicted octanol–water partition coefficient (Wildman–Crippen LogP) is 3.28. The minimum Gasteiger partial charge on any atom is -0.310 e. The van der Waals surface area contributed by atoms with E-state index in [0.717, 1.165) is 32.9 Å². The van der Waals surface area contributed by atoms with Crippen molar-refractivity contribution >= 4 is 27.7 Å². The van der Waals surface area contributed by atoms with Crippen LogP contribution in [0.4, 0.5) is 0 Å². The first-order chi connectivity index (χ1) is 9.20. The lowest BCUT2D eigenvalue weighted by atomic mass is 10.2. The highest BCUT2D eigenvalue weighted by Crippen LogP contribution is 2.29. The monoisotopic (exact) mass is 338 g/mol. The summed E-state index contributed by atoms with van der Waals surface area (Å²) in [5.74, 6) is 0.840. The van der Waals surface area contributed by atoms with Gasteiger partial charge < -0.3 is 5.32 Å². The van der Waals surface area contributed by atoms with Crippen molar-refractivity contribution in [1.82, 2.24) is 20.5 Å². The van der Waals surface area contributed by atoms with Crippen LogP contribution in [0.1, 0.15) is 24.2 Å². The number of hydrogen-bond acceptors (Lipinski definition) is 4. The van der Waals surface area contributed by atoms with Crippen molar-refractivity contribution in [3.8, 4) is 0 Å². The Hall–Kier alpha value is -0.850. The molecule has 6 heteroatoms. The van der Waals surface area contributed by atoms with Gasteiger partial charge in [-0.2, -0.15) is 0 Å². The number of aromatic nitrogens is 3. The van der Waals surface area contributed by atoms with E-state index in [-0.39, 0.29) is 0 Å². The first-order valence-electron chi connectivity index (χ1n) is 6.29. The molecule has 0 unspecified atom stereocenters. The van der Waals surface area contributed by atoms with Crippen LogP contribution in [0.15, 0.2) is 32.7 Å². The molecule has 1 saturated carbocycles. The zero-order chi connectivity index (χ0) is 13.2. The van der Waals surface area contributed by atoms with Gasteiger partial charge in [0.2, 0.25) is 5.16 Å². The second kappa shape index (κ2) is 5.64. The van der Waals surface area contributed by atoms with E-state index in [2.05, 4.69) is 54.6 Å². The Balaban J connectivity index is 1.67. The molecule has 0 amide bonds. The molecule has 1 heterocycles. The van der Waals surface area contributed by atoms with Gasteiger partial charge in [-0.25, -0.2) is 4.98 Å². The molecule has 1 fully saturated rings. The topological polar surface area (TPSA) is 53.6 Å². The van der Waals surface area contributed by atoms with E-state index in [1.54, 1.807) is 11.8 Å². The number of rotatable bonds is 5. The Morgan fingerprint density at radius 3 is 2.95 bits per heavy atom. The van der Waals surface area contributed by atoms with Gasteiger partial charge in [-0.05, 0) is 49.2 Å². The molecule has 0 saturated heterocycles. The number of aromatic amines is 1. The van der Waals surface area contributed by atoms with Crippen LogP contribution in [-0.2, 0) is 6.54 Å². The molecular weight excluding hydrogens is 324 g/mol. The van der Waals surface area contributed by atoms with Gasteiger partial charge in [0.05, 0.1) is 0 Å². The van der Waals surface area contributed by atoms with Gasteiger partial charge in [0.1, 0.15) is 5.82 Å². The molecule has 0 bridgehead atoms. The fourth-order valence-corrected chi connectivity index (χ4v) is 3.22. The summed E-state index contributed by atoms with van der Waals surface area (Å²) < 4.78 is 1.14. The maximum Gasteiger partial charge on any atom is 0.213 e. The number of aryl methyl sites for hydroxylation is 1. The average Bonchev–Trinajstić information content (AvgIpc) is 3.12. The average molecular weight is 339 g/mol. The summed E-state index contributed by atoms with van der Waals surface area (Å²) in [5.41, 5.74) is 1.29. The van der Waals surface area contributed by atoms with Crippen molar-refractivity contribution in [2.75, 3.05) is 0 Å². The molecule has 1 aromatic heterocycles. The lowest BCUT2D eigenvalue weighted by Gasteiger charge is -2.07. The zero-order valence-electron chi connectivity index (χ0n) is 10.6. The second-order valence-electron chi connectivity index (χ2n) is 4.71. The molecule has 0 radical (unpaired) electrons. The van der Waals surface area contributed by atoms with Crippen LogP contribution in [0.2, 0.25) is 0 Å². The molecule has 2 aromatic rings. The molecule has 0 spiro atoms. The van der Waals surface area contributed by atoms with E-state index >= 15 is 0 Å². The smallest absolute Gasteiger partial charge is 0.213 e. The molecule has 2 N–H and O–H groups in total. The molecule has 4 nitrogen and oxygen atoms in total. The lowest BCUT2D eigenvalue weighted by molar-refractivity contribution is 0.685. The minimum atomic E-state index is 0.734. The Bertz CT molecular complexity index is 580. The highest BCUT2D eigenvalue weighted by atomic mass is 79.9. The number of nitrogens with zero attached hydrogens (tertiary/aromatic N) is 2. The SMILES string of the molecule is Cc1nc(Sc2ccc(CNC3CC3)c(Br)c2)n[nH]1. The van der Waals surface area contributed by atoms with Crippen LogP contribution in [0.25, 0.3) is 0 Å².